The fraction of sp³-hybridized carbons (Fsp3) is 0.250. The van der Waals surface area contributed by atoms with E-state index in [1.54, 1.807) is 6.20 Å². The van der Waals surface area contributed by atoms with Crippen LogP contribution in [0.1, 0.15) is 12.2 Å². The van der Waals surface area contributed by atoms with Gasteiger partial charge in [-0.1, -0.05) is 0 Å². The number of carboxylic acids is 1. The molecule has 72 valence electrons. The van der Waals surface area contributed by atoms with Gasteiger partial charge in [-0.3, -0.25) is 4.79 Å². The largest absolute Gasteiger partial charge is 0.481 e. The third-order valence-corrected chi connectivity index (χ3v) is 1.79. The van der Waals surface area contributed by atoms with E-state index in [4.69, 9.17) is 5.11 Å². The summed E-state index contributed by atoms with van der Waals surface area (Å²) in [4.78, 5) is 25.1. The van der Waals surface area contributed by atoms with Crippen LogP contribution in [0, 0.1) is 0 Å². The molecule has 0 amide bonds. The number of imidazole rings is 1. The first-order chi connectivity index (χ1) is 6.75. The monoisotopic (exact) mass is 192 g/mol. The van der Waals surface area contributed by atoms with E-state index in [0.717, 1.165) is 5.52 Å². The molecule has 2 aromatic heterocycles. The van der Waals surface area contributed by atoms with Crippen molar-refractivity contribution in [2.24, 2.45) is 0 Å². The minimum atomic E-state index is -0.837. The van der Waals surface area contributed by atoms with Crippen molar-refractivity contribution in [3.63, 3.8) is 0 Å². The van der Waals surface area contributed by atoms with Gasteiger partial charge in [-0.2, -0.15) is 0 Å². The zero-order chi connectivity index (χ0) is 9.97. The van der Waals surface area contributed by atoms with Crippen LogP contribution in [0.5, 0.6) is 0 Å². The number of hydrogen-bond donors (Lipinski definition) is 2. The molecule has 0 fully saturated rings. The summed E-state index contributed by atoms with van der Waals surface area (Å²) in [7, 11) is 0. The second-order valence-corrected chi connectivity index (χ2v) is 2.84. The molecule has 6 nitrogen and oxygen atoms in total. The van der Waals surface area contributed by atoms with Crippen molar-refractivity contribution in [3.8, 4) is 0 Å². The third-order valence-electron chi connectivity index (χ3n) is 1.79. The minimum absolute atomic E-state index is 0.0627. The van der Waals surface area contributed by atoms with E-state index in [-0.39, 0.29) is 6.42 Å². The van der Waals surface area contributed by atoms with Gasteiger partial charge in [0.15, 0.2) is 5.65 Å². The molecule has 14 heavy (non-hydrogen) atoms. The van der Waals surface area contributed by atoms with E-state index in [2.05, 4.69) is 19.9 Å². The molecule has 6 heteroatoms. The van der Waals surface area contributed by atoms with Crippen molar-refractivity contribution in [1.29, 1.82) is 0 Å². The highest BCUT2D eigenvalue weighted by Crippen LogP contribution is 2.07. The number of nitrogens with one attached hydrogen (secondary N) is 1. The number of aromatic amines is 1. The van der Waals surface area contributed by atoms with Crippen LogP contribution >= 0.6 is 0 Å². The third kappa shape index (κ3) is 1.68. The Hall–Kier alpha value is -1.98. The van der Waals surface area contributed by atoms with Gasteiger partial charge in [0.05, 0.1) is 12.6 Å². The summed E-state index contributed by atoms with van der Waals surface area (Å²) in [5, 5.41) is 8.48. The number of aromatic nitrogens is 4. The topological polar surface area (TPSA) is 91.8 Å². The standard InChI is InChI=1S/C8H8N4O2/c13-7(14)2-1-6-11-5-3-9-4-10-8(5)12-6/h3-4H,1-2H2,(H,13,14)(H,9,10,11,12). The number of aryl methyl sites for hydroxylation is 1. The Morgan fingerprint density at radius 2 is 2.43 bits per heavy atom. The van der Waals surface area contributed by atoms with Crippen LogP contribution in [-0.2, 0) is 11.2 Å². The van der Waals surface area contributed by atoms with Crippen molar-refractivity contribution in [3.05, 3.63) is 18.3 Å². The van der Waals surface area contributed by atoms with E-state index in [1.165, 1.54) is 6.33 Å². The van der Waals surface area contributed by atoms with Gasteiger partial charge < -0.3 is 10.1 Å². The summed E-state index contributed by atoms with van der Waals surface area (Å²) < 4.78 is 0. The number of nitrogens with zero attached hydrogens (tertiary/aromatic N) is 3. The number of fused-ring (bicyclic) bond motifs is 1. The molecule has 0 saturated carbocycles. The highest BCUT2D eigenvalue weighted by molar-refractivity contribution is 5.69. The molecular formula is C8H8N4O2. The van der Waals surface area contributed by atoms with Crippen LogP contribution in [0.2, 0.25) is 0 Å². The van der Waals surface area contributed by atoms with Gasteiger partial charge in [-0.15, -0.1) is 0 Å². The fourth-order valence-corrected chi connectivity index (χ4v) is 1.16. The predicted octanol–water partition coefficient (Wildman–Crippen LogP) is 0.370. The first-order valence-electron chi connectivity index (χ1n) is 4.12. The molecule has 0 aliphatic rings. The van der Waals surface area contributed by atoms with Gasteiger partial charge in [-0.25, -0.2) is 15.0 Å². The number of rotatable bonds is 3. The smallest absolute Gasteiger partial charge is 0.303 e. The highest BCUT2D eigenvalue weighted by Gasteiger charge is 2.05. The van der Waals surface area contributed by atoms with E-state index >= 15 is 0 Å². The Labute approximate surface area is 79.0 Å². The van der Waals surface area contributed by atoms with Crippen molar-refractivity contribution in [1.82, 2.24) is 19.9 Å². The number of carbonyl (C=O) groups is 1. The average Bonchev–Trinajstić information content (AvgIpc) is 2.57. The van der Waals surface area contributed by atoms with Crippen molar-refractivity contribution >= 4 is 17.1 Å². The van der Waals surface area contributed by atoms with Gasteiger partial charge in [-0.05, 0) is 0 Å². The molecule has 0 aromatic carbocycles. The molecule has 0 aliphatic carbocycles. The molecule has 0 atom stereocenters. The lowest BCUT2D eigenvalue weighted by molar-refractivity contribution is -0.137. The van der Waals surface area contributed by atoms with Crippen LogP contribution in [0.15, 0.2) is 12.5 Å². The van der Waals surface area contributed by atoms with Crippen LogP contribution in [0.4, 0.5) is 0 Å². The van der Waals surface area contributed by atoms with Gasteiger partial charge >= 0.3 is 5.97 Å². The first-order valence-corrected chi connectivity index (χ1v) is 4.12. The Kier molecular flexibility index (Phi) is 2.10. The Balaban J connectivity index is 2.22. The SMILES string of the molecule is O=C(O)CCc1nc2ncncc2[nH]1. The Morgan fingerprint density at radius 3 is 3.14 bits per heavy atom. The maximum Gasteiger partial charge on any atom is 0.303 e. The lowest BCUT2D eigenvalue weighted by Crippen LogP contribution is -1.98. The van der Waals surface area contributed by atoms with Gasteiger partial charge in [0.1, 0.15) is 17.7 Å². The van der Waals surface area contributed by atoms with E-state index in [0.29, 0.717) is 17.9 Å². The number of aliphatic carboxylic acids is 1. The van der Waals surface area contributed by atoms with Crippen LogP contribution in [-0.4, -0.2) is 31.0 Å². The molecule has 0 bridgehead atoms. The summed E-state index contributed by atoms with van der Waals surface area (Å²) >= 11 is 0. The predicted molar refractivity (Wildman–Crippen MR) is 47.6 cm³/mol. The zero-order valence-electron chi connectivity index (χ0n) is 7.27. The molecule has 0 aliphatic heterocycles. The molecule has 2 aromatic rings. The summed E-state index contributed by atoms with van der Waals surface area (Å²) in [5.41, 5.74) is 1.30. The fourth-order valence-electron chi connectivity index (χ4n) is 1.16. The molecule has 2 rings (SSSR count). The lowest BCUT2D eigenvalue weighted by atomic mass is 10.3. The van der Waals surface area contributed by atoms with Crippen molar-refractivity contribution < 1.29 is 9.90 Å². The van der Waals surface area contributed by atoms with E-state index in [1.807, 2.05) is 0 Å². The lowest BCUT2D eigenvalue weighted by Gasteiger charge is -1.89. The zero-order valence-corrected chi connectivity index (χ0v) is 7.27. The number of H-pyrrole nitrogens is 1. The van der Waals surface area contributed by atoms with Gasteiger partial charge in [0, 0.05) is 6.42 Å². The maximum absolute atomic E-state index is 10.3. The molecule has 0 spiro atoms. The molecule has 0 unspecified atom stereocenters. The molecule has 2 heterocycles. The van der Waals surface area contributed by atoms with E-state index < -0.39 is 5.97 Å². The summed E-state index contributed by atoms with van der Waals surface area (Å²) in [5.74, 6) is -0.209. The Morgan fingerprint density at radius 1 is 1.57 bits per heavy atom. The minimum Gasteiger partial charge on any atom is -0.481 e. The summed E-state index contributed by atoms with van der Waals surface area (Å²) in [6.07, 6.45) is 3.46. The van der Waals surface area contributed by atoms with E-state index in [9.17, 15) is 4.79 Å². The first kappa shape index (κ1) is 8.61. The normalized spacial score (nSPS) is 10.6. The maximum atomic E-state index is 10.3. The van der Waals surface area contributed by atoms with Gasteiger partial charge in [0.2, 0.25) is 0 Å². The second-order valence-electron chi connectivity index (χ2n) is 2.84. The van der Waals surface area contributed by atoms with Crippen molar-refractivity contribution in [2.75, 3.05) is 0 Å². The second kappa shape index (κ2) is 3.41. The average molecular weight is 192 g/mol. The molecule has 0 saturated heterocycles. The van der Waals surface area contributed by atoms with Crippen LogP contribution in [0.25, 0.3) is 11.2 Å². The molecular weight excluding hydrogens is 184 g/mol. The summed E-state index contributed by atoms with van der Waals surface area (Å²) in [6.45, 7) is 0. The number of carboxylic acid groups (broad SMARTS) is 1. The molecule has 2 N–H and O–H groups in total. The van der Waals surface area contributed by atoms with Crippen LogP contribution < -0.4 is 0 Å². The highest BCUT2D eigenvalue weighted by atomic mass is 16.4. The Bertz CT molecular complexity index is 432. The quantitative estimate of drug-likeness (QED) is 0.732. The number of hydrogen-bond acceptors (Lipinski definition) is 4. The van der Waals surface area contributed by atoms with Crippen molar-refractivity contribution in [2.45, 2.75) is 12.8 Å². The van der Waals surface area contributed by atoms with Crippen LogP contribution in [0.3, 0.4) is 0 Å². The molecule has 0 radical (unpaired) electrons. The van der Waals surface area contributed by atoms with Gasteiger partial charge in [0.25, 0.3) is 0 Å². The summed E-state index contributed by atoms with van der Waals surface area (Å²) in [6, 6.07) is 0.